The second-order valence-electron chi connectivity index (χ2n) is 5.80. The van der Waals surface area contributed by atoms with E-state index in [-0.39, 0.29) is 23.6 Å². The predicted octanol–water partition coefficient (Wildman–Crippen LogP) is -0.255. The highest BCUT2D eigenvalue weighted by Gasteiger charge is 2.25. The van der Waals surface area contributed by atoms with Gasteiger partial charge in [-0.05, 0) is 18.2 Å². The number of aliphatic hydroxyl groups excluding tert-OH is 1. The average Bonchev–Trinajstić information content (AvgIpc) is 3.04. The van der Waals surface area contributed by atoms with Crippen molar-refractivity contribution in [1.82, 2.24) is 24.1 Å². The molecule has 0 aliphatic carbocycles. The summed E-state index contributed by atoms with van der Waals surface area (Å²) in [5.41, 5.74) is 0.871. The molecule has 0 aromatic carbocycles. The fourth-order valence-corrected chi connectivity index (χ4v) is 2.99. The van der Waals surface area contributed by atoms with Crippen LogP contribution in [0, 0.1) is 0 Å². The van der Waals surface area contributed by atoms with E-state index in [1.54, 1.807) is 15.6 Å². The van der Waals surface area contributed by atoms with Crippen molar-refractivity contribution in [2.45, 2.75) is 19.7 Å². The van der Waals surface area contributed by atoms with Crippen molar-refractivity contribution in [2.24, 2.45) is 0 Å². The van der Waals surface area contributed by atoms with E-state index < -0.39 is 11.5 Å². The van der Waals surface area contributed by atoms with E-state index in [0.717, 1.165) is 10.1 Å². The van der Waals surface area contributed by atoms with E-state index in [4.69, 9.17) is 0 Å². The molecule has 1 aliphatic rings. The number of rotatable bonds is 2. The van der Waals surface area contributed by atoms with E-state index in [9.17, 15) is 19.8 Å². The third kappa shape index (κ3) is 2.45. The Bertz CT molecular complexity index is 1040. The van der Waals surface area contributed by atoms with E-state index in [0.29, 0.717) is 25.3 Å². The van der Waals surface area contributed by atoms with Gasteiger partial charge in [0.25, 0.3) is 11.5 Å². The van der Waals surface area contributed by atoms with Crippen LogP contribution in [0.1, 0.15) is 21.7 Å². The third-order valence-corrected chi connectivity index (χ3v) is 4.24. The van der Waals surface area contributed by atoms with Gasteiger partial charge < -0.3 is 15.1 Å². The zero-order chi connectivity index (χ0) is 17.6. The number of pyridine rings is 1. The topological polar surface area (TPSA) is 113 Å². The molecule has 9 nitrogen and oxygen atoms in total. The third-order valence-electron chi connectivity index (χ3n) is 4.24. The molecule has 25 heavy (non-hydrogen) atoms. The molecule has 9 heteroatoms. The highest BCUT2D eigenvalue weighted by Crippen LogP contribution is 2.17. The summed E-state index contributed by atoms with van der Waals surface area (Å²) in [5.74, 6) is -0.551. The lowest BCUT2D eigenvalue weighted by Crippen LogP contribution is -2.41. The summed E-state index contributed by atoms with van der Waals surface area (Å²) in [6, 6.07) is 4.67. The van der Waals surface area contributed by atoms with Gasteiger partial charge in [0.05, 0.1) is 31.1 Å². The summed E-state index contributed by atoms with van der Waals surface area (Å²) in [7, 11) is 0. The molecule has 3 aromatic heterocycles. The van der Waals surface area contributed by atoms with Gasteiger partial charge in [0, 0.05) is 18.9 Å². The van der Waals surface area contributed by atoms with Crippen molar-refractivity contribution in [2.75, 3.05) is 6.54 Å². The molecule has 2 N–H and O–H groups in total. The maximum absolute atomic E-state index is 12.8. The lowest BCUT2D eigenvalue weighted by Gasteiger charge is -2.27. The van der Waals surface area contributed by atoms with Crippen LogP contribution in [0.2, 0.25) is 0 Å². The van der Waals surface area contributed by atoms with Crippen molar-refractivity contribution in [3.8, 4) is 5.75 Å². The SMILES string of the molecule is O=C(c1cnc2c(O)cccn2c1=O)N1CCn2nc(CO)cc2C1. The van der Waals surface area contributed by atoms with Crippen molar-refractivity contribution in [1.29, 1.82) is 0 Å². The Balaban J connectivity index is 1.69. The molecule has 1 aliphatic heterocycles. The lowest BCUT2D eigenvalue weighted by atomic mass is 10.2. The molecule has 0 bridgehead atoms. The highest BCUT2D eigenvalue weighted by molar-refractivity contribution is 5.93. The van der Waals surface area contributed by atoms with Crippen LogP contribution in [0.15, 0.2) is 35.4 Å². The quantitative estimate of drug-likeness (QED) is 0.664. The Morgan fingerprint density at radius 1 is 1.32 bits per heavy atom. The molecule has 0 radical (unpaired) electrons. The molecule has 0 atom stereocenters. The molecular formula is C16H15N5O4. The Kier molecular flexibility index (Phi) is 3.50. The first-order valence-corrected chi connectivity index (χ1v) is 7.73. The van der Waals surface area contributed by atoms with Gasteiger partial charge in [0.15, 0.2) is 11.4 Å². The minimum atomic E-state index is -0.527. The summed E-state index contributed by atoms with van der Waals surface area (Å²) in [5, 5.41) is 23.2. The van der Waals surface area contributed by atoms with Crippen LogP contribution in [-0.2, 0) is 19.7 Å². The Labute approximate surface area is 141 Å². The number of aliphatic hydroxyl groups is 1. The normalized spacial score (nSPS) is 13.9. The number of fused-ring (bicyclic) bond motifs is 2. The minimum absolute atomic E-state index is 0.0570. The van der Waals surface area contributed by atoms with Gasteiger partial charge in [-0.2, -0.15) is 5.10 Å². The standard InChI is InChI=1S/C16H15N5O4/c22-9-10-6-11-8-19(4-5-21(11)18-10)15(24)12-7-17-14-13(23)2-1-3-20(14)16(12)25/h1-3,6-7,22-23H,4-5,8-9H2. The predicted molar refractivity (Wildman–Crippen MR) is 86.0 cm³/mol. The van der Waals surface area contributed by atoms with Crippen LogP contribution in [0.5, 0.6) is 5.75 Å². The Morgan fingerprint density at radius 2 is 2.16 bits per heavy atom. The highest BCUT2D eigenvalue weighted by atomic mass is 16.3. The van der Waals surface area contributed by atoms with E-state index in [1.165, 1.54) is 24.5 Å². The molecule has 0 saturated heterocycles. The first-order chi connectivity index (χ1) is 12.1. The molecule has 1 amide bonds. The molecule has 0 saturated carbocycles. The number of carbonyl (C=O) groups is 1. The second-order valence-corrected chi connectivity index (χ2v) is 5.80. The summed E-state index contributed by atoms with van der Waals surface area (Å²) in [4.78, 5) is 30.9. The summed E-state index contributed by atoms with van der Waals surface area (Å²) >= 11 is 0. The van der Waals surface area contributed by atoms with Crippen LogP contribution >= 0.6 is 0 Å². The van der Waals surface area contributed by atoms with Crippen molar-refractivity contribution >= 4 is 11.6 Å². The summed E-state index contributed by atoms with van der Waals surface area (Å²) in [6.45, 7) is 1.03. The number of aromatic nitrogens is 4. The molecule has 4 heterocycles. The lowest BCUT2D eigenvalue weighted by molar-refractivity contribution is 0.0703. The van der Waals surface area contributed by atoms with Gasteiger partial charge in [-0.1, -0.05) is 0 Å². The van der Waals surface area contributed by atoms with Crippen LogP contribution in [-0.4, -0.2) is 46.7 Å². The Hall–Kier alpha value is -3.20. The van der Waals surface area contributed by atoms with Crippen LogP contribution in [0.4, 0.5) is 0 Å². The summed E-state index contributed by atoms with van der Waals surface area (Å²) in [6.07, 6.45) is 2.66. The van der Waals surface area contributed by atoms with Gasteiger partial charge in [-0.15, -0.1) is 0 Å². The van der Waals surface area contributed by atoms with Crippen LogP contribution in [0.25, 0.3) is 5.65 Å². The minimum Gasteiger partial charge on any atom is -0.504 e. The van der Waals surface area contributed by atoms with E-state index >= 15 is 0 Å². The molecule has 4 rings (SSSR count). The molecule has 0 unspecified atom stereocenters. The average molecular weight is 341 g/mol. The van der Waals surface area contributed by atoms with Gasteiger partial charge in [0.2, 0.25) is 0 Å². The van der Waals surface area contributed by atoms with Crippen molar-refractivity contribution in [3.63, 3.8) is 0 Å². The number of hydrogen-bond donors (Lipinski definition) is 2. The van der Waals surface area contributed by atoms with Crippen LogP contribution < -0.4 is 5.56 Å². The Morgan fingerprint density at radius 3 is 2.96 bits per heavy atom. The molecule has 3 aromatic rings. The second kappa shape index (κ2) is 5.71. The van der Waals surface area contributed by atoms with E-state index in [1.807, 2.05) is 0 Å². The zero-order valence-electron chi connectivity index (χ0n) is 13.2. The van der Waals surface area contributed by atoms with Crippen molar-refractivity contribution in [3.05, 3.63) is 57.9 Å². The zero-order valence-corrected chi connectivity index (χ0v) is 13.2. The molecular weight excluding hydrogens is 326 g/mol. The largest absolute Gasteiger partial charge is 0.504 e. The molecule has 128 valence electrons. The number of nitrogens with zero attached hydrogens (tertiary/aromatic N) is 5. The van der Waals surface area contributed by atoms with Gasteiger partial charge in [0.1, 0.15) is 5.56 Å². The molecule has 0 spiro atoms. The molecule has 0 fully saturated rings. The summed E-state index contributed by atoms with van der Waals surface area (Å²) < 4.78 is 2.90. The first kappa shape index (κ1) is 15.3. The first-order valence-electron chi connectivity index (χ1n) is 7.73. The fraction of sp³-hybridized carbons (Fsp3) is 0.250. The fourth-order valence-electron chi connectivity index (χ4n) is 2.99. The van der Waals surface area contributed by atoms with Crippen molar-refractivity contribution < 1.29 is 15.0 Å². The van der Waals surface area contributed by atoms with Gasteiger partial charge in [-0.3, -0.25) is 18.7 Å². The number of aromatic hydroxyl groups is 1. The number of amides is 1. The number of hydrogen-bond acceptors (Lipinski definition) is 6. The van der Waals surface area contributed by atoms with Gasteiger partial charge >= 0.3 is 0 Å². The van der Waals surface area contributed by atoms with E-state index in [2.05, 4.69) is 10.1 Å². The monoisotopic (exact) mass is 341 g/mol. The maximum Gasteiger partial charge on any atom is 0.270 e. The van der Waals surface area contributed by atoms with Crippen LogP contribution in [0.3, 0.4) is 0 Å². The van der Waals surface area contributed by atoms with Gasteiger partial charge in [-0.25, -0.2) is 4.98 Å². The maximum atomic E-state index is 12.8. The smallest absolute Gasteiger partial charge is 0.270 e. The number of carbonyl (C=O) groups excluding carboxylic acids is 1.